The number of nitrogens with zero attached hydrogens (tertiary/aromatic N) is 1. The third-order valence-electron chi connectivity index (χ3n) is 4.91. The Balaban J connectivity index is 2.19. The van der Waals surface area contributed by atoms with Crippen molar-refractivity contribution in [2.45, 2.75) is 52.6 Å². The topological polar surface area (TPSA) is 58.6 Å². The molecule has 0 spiro atoms. The second-order valence-corrected chi connectivity index (χ2v) is 7.56. The number of carbonyl (C=O) groups excluding carboxylic acids is 2. The molecule has 2 aromatic rings. The van der Waals surface area contributed by atoms with Crippen molar-refractivity contribution >= 4 is 11.8 Å². The van der Waals surface area contributed by atoms with Crippen LogP contribution in [0, 0.1) is 5.82 Å². The van der Waals surface area contributed by atoms with E-state index in [9.17, 15) is 14.0 Å². The number of para-hydroxylation sites is 1. The van der Waals surface area contributed by atoms with Crippen molar-refractivity contribution < 1.29 is 18.7 Å². The number of rotatable bonds is 10. The zero-order valence-corrected chi connectivity index (χ0v) is 18.2. The fourth-order valence-corrected chi connectivity index (χ4v) is 3.10. The Kier molecular flexibility index (Phi) is 8.84. The SMILES string of the molecule is CCCNC(=O)[C@H](C)N(Cc1ccccc1F)C(=O)COc1ccccc1C(C)C. The zero-order chi connectivity index (χ0) is 22.1. The average molecular weight is 415 g/mol. The summed E-state index contributed by atoms with van der Waals surface area (Å²) in [6.07, 6.45) is 0.787. The van der Waals surface area contributed by atoms with Crippen LogP contribution in [0.5, 0.6) is 5.75 Å². The molecule has 0 heterocycles. The van der Waals surface area contributed by atoms with Crippen molar-refractivity contribution in [3.05, 3.63) is 65.5 Å². The van der Waals surface area contributed by atoms with E-state index >= 15 is 0 Å². The summed E-state index contributed by atoms with van der Waals surface area (Å²) in [5.74, 6) is -0.193. The summed E-state index contributed by atoms with van der Waals surface area (Å²) < 4.78 is 20.0. The minimum Gasteiger partial charge on any atom is -0.483 e. The highest BCUT2D eigenvalue weighted by Crippen LogP contribution is 2.26. The third-order valence-corrected chi connectivity index (χ3v) is 4.91. The Morgan fingerprint density at radius 1 is 1.07 bits per heavy atom. The van der Waals surface area contributed by atoms with Crippen molar-refractivity contribution in [1.82, 2.24) is 10.2 Å². The van der Waals surface area contributed by atoms with Crippen LogP contribution in [-0.4, -0.2) is 35.9 Å². The van der Waals surface area contributed by atoms with E-state index in [1.54, 1.807) is 25.1 Å². The summed E-state index contributed by atoms with van der Waals surface area (Å²) >= 11 is 0. The lowest BCUT2D eigenvalue weighted by Gasteiger charge is -2.29. The number of nitrogens with one attached hydrogen (secondary N) is 1. The molecule has 0 saturated heterocycles. The van der Waals surface area contributed by atoms with Crippen molar-refractivity contribution in [3.63, 3.8) is 0 Å². The molecule has 30 heavy (non-hydrogen) atoms. The Hall–Kier alpha value is -2.89. The summed E-state index contributed by atoms with van der Waals surface area (Å²) in [5, 5.41) is 2.80. The van der Waals surface area contributed by atoms with Crippen LogP contribution in [0.25, 0.3) is 0 Å². The molecule has 1 N–H and O–H groups in total. The Labute approximate surface area is 178 Å². The molecule has 6 heteroatoms. The number of halogens is 1. The van der Waals surface area contributed by atoms with Gasteiger partial charge in [0.25, 0.3) is 5.91 Å². The average Bonchev–Trinajstić information content (AvgIpc) is 2.74. The minimum atomic E-state index is -0.757. The predicted molar refractivity (Wildman–Crippen MR) is 116 cm³/mol. The first-order chi connectivity index (χ1) is 14.3. The number of hydrogen-bond donors (Lipinski definition) is 1. The molecule has 2 aromatic carbocycles. The van der Waals surface area contributed by atoms with Crippen LogP contribution in [0.15, 0.2) is 48.5 Å². The summed E-state index contributed by atoms with van der Waals surface area (Å²) in [7, 11) is 0. The first-order valence-electron chi connectivity index (χ1n) is 10.4. The van der Waals surface area contributed by atoms with Crippen molar-refractivity contribution in [1.29, 1.82) is 0 Å². The lowest BCUT2D eigenvalue weighted by Crippen LogP contribution is -2.49. The highest BCUT2D eigenvalue weighted by Gasteiger charge is 2.27. The molecule has 162 valence electrons. The molecule has 0 aromatic heterocycles. The number of amides is 2. The number of ether oxygens (including phenoxy) is 1. The van der Waals surface area contributed by atoms with E-state index < -0.39 is 11.9 Å². The van der Waals surface area contributed by atoms with Gasteiger partial charge in [-0.1, -0.05) is 57.2 Å². The number of hydrogen-bond acceptors (Lipinski definition) is 3. The largest absolute Gasteiger partial charge is 0.483 e. The summed E-state index contributed by atoms with van der Waals surface area (Å²) in [6.45, 7) is 7.97. The smallest absolute Gasteiger partial charge is 0.261 e. The van der Waals surface area contributed by atoms with Crippen LogP contribution in [0.4, 0.5) is 4.39 Å². The van der Waals surface area contributed by atoms with Gasteiger partial charge < -0.3 is 15.0 Å². The second kappa shape index (κ2) is 11.3. The van der Waals surface area contributed by atoms with E-state index in [1.165, 1.54) is 11.0 Å². The van der Waals surface area contributed by atoms with Crippen LogP contribution < -0.4 is 10.1 Å². The Bertz CT molecular complexity index is 854. The van der Waals surface area contributed by atoms with Gasteiger partial charge in [-0.25, -0.2) is 4.39 Å². The fourth-order valence-electron chi connectivity index (χ4n) is 3.10. The van der Waals surface area contributed by atoms with Gasteiger partial charge in [-0.05, 0) is 37.0 Å². The Morgan fingerprint density at radius 2 is 1.73 bits per heavy atom. The predicted octanol–water partition coefficient (Wildman–Crippen LogP) is 4.27. The summed E-state index contributed by atoms with van der Waals surface area (Å²) in [4.78, 5) is 26.9. The first kappa shape index (κ1) is 23.4. The maximum absolute atomic E-state index is 14.2. The maximum atomic E-state index is 14.2. The van der Waals surface area contributed by atoms with Gasteiger partial charge in [0.15, 0.2) is 6.61 Å². The van der Waals surface area contributed by atoms with Gasteiger partial charge in [0.1, 0.15) is 17.6 Å². The van der Waals surface area contributed by atoms with E-state index in [1.807, 2.05) is 31.2 Å². The minimum absolute atomic E-state index is 0.0125. The quantitative estimate of drug-likeness (QED) is 0.632. The molecule has 0 saturated carbocycles. The molecule has 1 atom stereocenters. The van der Waals surface area contributed by atoms with Crippen molar-refractivity contribution in [2.24, 2.45) is 0 Å². The highest BCUT2D eigenvalue weighted by atomic mass is 19.1. The lowest BCUT2D eigenvalue weighted by atomic mass is 10.0. The van der Waals surface area contributed by atoms with Gasteiger partial charge in [-0.3, -0.25) is 9.59 Å². The van der Waals surface area contributed by atoms with Gasteiger partial charge >= 0.3 is 0 Å². The van der Waals surface area contributed by atoms with Crippen molar-refractivity contribution in [2.75, 3.05) is 13.2 Å². The van der Waals surface area contributed by atoms with Gasteiger partial charge in [-0.2, -0.15) is 0 Å². The van der Waals surface area contributed by atoms with Gasteiger partial charge in [-0.15, -0.1) is 0 Å². The molecule has 0 unspecified atom stereocenters. The van der Waals surface area contributed by atoms with Gasteiger partial charge in [0, 0.05) is 18.7 Å². The number of benzene rings is 2. The monoisotopic (exact) mass is 414 g/mol. The molecule has 2 amide bonds. The normalized spacial score (nSPS) is 11.8. The van der Waals surface area contributed by atoms with Crippen LogP contribution in [0.3, 0.4) is 0 Å². The Morgan fingerprint density at radius 3 is 2.40 bits per heavy atom. The second-order valence-electron chi connectivity index (χ2n) is 7.56. The molecule has 0 aliphatic rings. The van der Waals surface area contributed by atoms with E-state index in [4.69, 9.17) is 4.74 Å². The lowest BCUT2D eigenvalue weighted by molar-refractivity contribution is -0.142. The van der Waals surface area contributed by atoms with E-state index in [2.05, 4.69) is 19.2 Å². The summed E-state index contributed by atoms with van der Waals surface area (Å²) in [6, 6.07) is 13.1. The number of carbonyl (C=O) groups is 2. The van der Waals surface area contributed by atoms with E-state index in [0.29, 0.717) is 17.9 Å². The molecule has 0 radical (unpaired) electrons. The summed E-state index contributed by atoms with van der Waals surface area (Å²) in [5.41, 5.74) is 1.35. The van der Waals surface area contributed by atoms with Crippen LogP contribution in [-0.2, 0) is 16.1 Å². The van der Waals surface area contributed by atoms with E-state index in [-0.39, 0.29) is 30.9 Å². The first-order valence-corrected chi connectivity index (χ1v) is 10.4. The van der Waals surface area contributed by atoms with Crippen molar-refractivity contribution in [3.8, 4) is 5.75 Å². The third kappa shape index (κ3) is 6.31. The molecular weight excluding hydrogens is 383 g/mol. The molecule has 0 aliphatic heterocycles. The molecule has 0 aliphatic carbocycles. The molecule has 0 bridgehead atoms. The molecule has 0 fully saturated rings. The van der Waals surface area contributed by atoms with Crippen LogP contribution >= 0.6 is 0 Å². The highest BCUT2D eigenvalue weighted by molar-refractivity contribution is 5.88. The standard InChI is InChI=1S/C24H31FN2O3/c1-5-14-26-24(29)18(4)27(15-19-10-6-8-12-21(19)25)23(28)16-30-22-13-9-7-11-20(22)17(2)3/h6-13,17-18H,5,14-16H2,1-4H3,(H,26,29)/t18-/m0/s1. The van der Waals surface area contributed by atoms with Gasteiger partial charge in [0.05, 0.1) is 0 Å². The fraction of sp³-hybridized carbons (Fsp3) is 0.417. The van der Waals surface area contributed by atoms with Crippen LogP contribution in [0.2, 0.25) is 0 Å². The molecule has 5 nitrogen and oxygen atoms in total. The maximum Gasteiger partial charge on any atom is 0.261 e. The molecular formula is C24H31FN2O3. The van der Waals surface area contributed by atoms with E-state index in [0.717, 1.165) is 12.0 Å². The zero-order valence-electron chi connectivity index (χ0n) is 18.2. The van der Waals surface area contributed by atoms with Gasteiger partial charge in [0.2, 0.25) is 5.91 Å². The van der Waals surface area contributed by atoms with Crippen LogP contribution in [0.1, 0.15) is 51.2 Å². The molecule has 2 rings (SSSR count).